The highest BCUT2D eigenvalue weighted by Crippen LogP contribution is 2.43. The molecule has 0 radical (unpaired) electrons. The average Bonchev–Trinajstić information content (AvgIpc) is 3.40. The van der Waals surface area contributed by atoms with E-state index in [0.717, 1.165) is 6.54 Å². The summed E-state index contributed by atoms with van der Waals surface area (Å²) in [7, 11) is 1.54. The summed E-state index contributed by atoms with van der Waals surface area (Å²) in [5.41, 5.74) is 0.212. The summed E-state index contributed by atoms with van der Waals surface area (Å²) in [5.74, 6) is 2.13. The third-order valence-electron chi connectivity index (χ3n) is 5.97. The second kappa shape index (κ2) is 7.72. The molecule has 4 heterocycles. The van der Waals surface area contributed by atoms with Gasteiger partial charge >= 0.3 is 0 Å². The molecule has 2 aliphatic heterocycles. The van der Waals surface area contributed by atoms with Crippen molar-refractivity contribution < 1.29 is 19.2 Å². The molecule has 0 saturated carbocycles. The molecule has 9 nitrogen and oxygen atoms in total. The number of carbonyl (C=O) groups is 1. The number of ether oxygens (including phenoxy) is 1. The predicted octanol–water partition coefficient (Wildman–Crippen LogP) is 1.16. The second-order valence-corrected chi connectivity index (χ2v) is 8.37. The SMILES string of the molecule is COc1ccc(C(=O)N2C[C@@H]3CN(Cc4noc(C(C)C)n4)C[C@]3(CO)C2)cn1. The summed E-state index contributed by atoms with van der Waals surface area (Å²) < 4.78 is 10.3. The topological polar surface area (TPSA) is 105 Å². The number of nitrogens with zero attached hydrogens (tertiary/aromatic N) is 5. The van der Waals surface area contributed by atoms with E-state index in [9.17, 15) is 9.90 Å². The van der Waals surface area contributed by atoms with Gasteiger partial charge in [-0.05, 0) is 12.0 Å². The number of amides is 1. The Morgan fingerprint density at radius 3 is 2.79 bits per heavy atom. The Morgan fingerprint density at radius 1 is 1.38 bits per heavy atom. The zero-order valence-corrected chi connectivity index (χ0v) is 17.0. The molecule has 2 aromatic rings. The number of hydrogen-bond acceptors (Lipinski definition) is 8. The standard InChI is InChI=1S/C20H27N5O4/c1-13(2)18-22-16(23-29-18)9-24-7-15-8-25(11-20(15,10-24)12-26)19(27)14-4-5-17(28-3)21-6-14/h4-6,13,15,26H,7-12H2,1-3H3/t15-,20+/m0/s1. The van der Waals surface area contributed by atoms with E-state index < -0.39 is 0 Å². The molecule has 2 atom stereocenters. The van der Waals surface area contributed by atoms with Crippen molar-refractivity contribution in [1.82, 2.24) is 24.9 Å². The second-order valence-electron chi connectivity index (χ2n) is 8.37. The number of aromatic nitrogens is 3. The van der Waals surface area contributed by atoms with E-state index >= 15 is 0 Å². The molecule has 156 valence electrons. The van der Waals surface area contributed by atoms with Crippen LogP contribution < -0.4 is 4.74 Å². The van der Waals surface area contributed by atoms with Crippen LogP contribution in [0.5, 0.6) is 5.88 Å². The molecule has 0 spiro atoms. The molecule has 2 saturated heterocycles. The smallest absolute Gasteiger partial charge is 0.255 e. The van der Waals surface area contributed by atoms with Crippen LogP contribution in [0.1, 0.15) is 41.8 Å². The van der Waals surface area contributed by atoms with Crippen molar-refractivity contribution in [3.63, 3.8) is 0 Å². The molecule has 0 aromatic carbocycles. The van der Waals surface area contributed by atoms with Gasteiger partial charge in [0.15, 0.2) is 5.82 Å². The zero-order valence-electron chi connectivity index (χ0n) is 17.0. The van der Waals surface area contributed by atoms with Gasteiger partial charge in [-0.2, -0.15) is 4.98 Å². The fourth-order valence-corrected chi connectivity index (χ4v) is 4.37. The maximum Gasteiger partial charge on any atom is 0.255 e. The first-order chi connectivity index (χ1) is 13.9. The summed E-state index contributed by atoms with van der Waals surface area (Å²) in [5, 5.41) is 14.3. The average molecular weight is 401 g/mol. The van der Waals surface area contributed by atoms with Crippen molar-refractivity contribution >= 4 is 5.91 Å². The highest BCUT2D eigenvalue weighted by molar-refractivity contribution is 5.94. The fourth-order valence-electron chi connectivity index (χ4n) is 4.37. The van der Waals surface area contributed by atoms with Gasteiger partial charge in [0.1, 0.15) is 0 Å². The van der Waals surface area contributed by atoms with Crippen molar-refractivity contribution in [2.75, 3.05) is 39.9 Å². The van der Waals surface area contributed by atoms with Crippen molar-refractivity contribution in [2.24, 2.45) is 11.3 Å². The molecule has 2 fully saturated rings. The molecule has 9 heteroatoms. The van der Waals surface area contributed by atoms with Crippen LogP contribution in [-0.2, 0) is 6.54 Å². The monoisotopic (exact) mass is 401 g/mol. The molecule has 29 heavy (non-hydrogen) atoms. The van der Waals surface area contributed by atoms with Crippen molar-refractivity contribution in [1.29, 1.82) is 0 Å². The minimum atomic E-state index is -0.319. The third-order valence-corrected chi connectivity index (χ3v) is 5.97. The van der Waals surface area contributed by atoms with Crippen LogP contribution in [0.25, 0.3) is 0 Å². The number of methoxy groups -OCH3 is 1. The van der Waals surface area contributed by atoms with E-state index in [0.29, 0.717) is 49.3 Å². The molecule has 2 aliphatic rings. The summed E-state index contributed by atoms with van der Waals surface area (Å²) in [6.45, 7) is 7.29. The number of fused-ring (bicyclic) bond motifs is 1. The van der Waals surface area contributed by atoms with Crippen molar-refractivity contribution in [3.8, 4) is 5.88 Å². The number of hydrogen-bond donors (Lipinski definition) is 1. The van der Waals surface area contributed by atoms with Crippen molar-refractivity contribution in [3.05, 3.63) is 35.6 Å². The zero-order chi connectivity index (χ0) is 20.6. The Hall–Kier alpha value is -2.52. The van der Waals surface area contributed by atoms with Crippen LogP contribution in [0, 0.1) is 11.3 Å². The van der Waals surface area contributed by atoms with E-state index in [1.54, 1.807) is 19.2 Å². The minimum Gasteiger partial charge on any atom is -0.481 e. The lowest BCUT2D eigenvalue weighted by molar-refractivity contribution is 0.0717. The number of carbonyl (C=O) groups excluding carboxylic acids is 1. The number of rotatable bonds is 6. The molecular formula is C20H27N5O4. The number of likely N-dealkylation sites (tertiary alicyclic amines) is 2. The van der Waals surface area contributed by atoms with Crippen LogP contribution in [0.15, 0.2) is 22.9 Å². The van der Waals surface area contributed by atoms with E-state index in [2.05, 4.69) is 20.0 Å². The van der Waals surface area contributed by atoms with Crippen LogP contribution in [0.3, 0.4) is 0 Å². The number of aliphatic hydroxyl groups is 1. The number of pyridine rings is 1. The Morgan fingerprint density at radius 2 is 2.21 bits per heavy atom. The highest BCUT2D eigenvalue weighted by atomic mass is 16.5. The lowest BCUT2D eigenvalue weighted by Crippen LogP contribution is -2.39. The highest BCUT2D eigenvalue weighted by Gasteiger charge is 2.53. The fraction of sp³-hybridized carbons (Fsp3) is 0.600. The summed E-state index contributed by atoms with van der Waals surface area (Å²) >= 11 is 0. The van der Waals surface area contributed by atoms with Gasteiger partial charge in [-0.1, -0.05) is 19.0 Å². The Labute approximate surface area is 169 Å². The van der Waals surface area contributed by atoms with E-state index in [1.807, 2.05) is 18.7 Å². The molecule has 4 rings (SSSR count). The molecule has 1 N–H and O–H groups in total. The Balaban J connectivity index is 1.41. The van der Waals surface area contributed by atoms with Crippen LogP contribution in [0.4, 0.5) is 0 Å². The molecule has 0 aliphatic carbocycles. The molecule has 1 amide bonds. The van der Waals surface area contributed by atoms with E-state index in [-0.39, 0.29) is 29.8 Å². The third kappa shape index (κ3) is 3.72. The summed E-state index contributed by atoms with van der Waals surface area (Å²) in [6.07, 6.45) is 1.54. The minimum absolute atomic E-state index is 0.0439. The first-order valence-electron chi connectivity index (χ1n) is 9.89. The largest absolute Gasteiger partial charge is 0.481 e. The van der Waals surface area contributed by atoms with E-state index in [4.69, 9.17) is 9.26 Å². The molecule has 2 aromatic heterocycles. The Bertz CT molecular complexity index is 868. The van der Waals surface area contributed by atoms with Gasteiger partial charge < -0.3 is 19.3 Å². The maximum absolute atomic E-state index is 12.9. The van der Waals surface area contributed by atoms with Crippen LogP contribution in [0.2, 0.25) is 0 Å². The van der Waals surface area contributed by atoms with Gasteiger partial charge in [-0.25, -0.2) is 4.98 Å². The molecular weight excluding hydrogens is 374 g/mol. The lowest BCUT2D eigenvalue weighted by atomic mass is 9.82. The predicted molar refractivity (Wildman–Crippen MR) is 103 cm³/mol. The van der Waals surface area contributed by atoms with Gasteiger partial charge in [0.2, 0.25) is 11.8 Å². The van der Waals surface area contributed by atoms with Crippen LogP contribution >= 0.6 is 0 Å². The van der Waals surface area contributed by atoms with Gasteiger partial charge in [0.05, 0.1) is 25.8 Å². The molecule has 0 unspecified atom stereocenters. The Kier molecular flexibility index (Phi) is 5.26. The van der Waals surface area contributed by atoms with Crippen LogP contribution in [-0.4, -0.2) is 75.8 Å². The summed E-state index contributed by atoms with van der Waals surface area (Å²) in [4.78, 5) is 25.5. The van der Waals surface area contributed by atoms with Gasteiger partial charge in [-0.3, -0.25) is 9.69 Å². The first-order valence-corrected chi connectivity index (χ1v) is 9.89. The lowest BCUT2D eigenvalue weighted by Gasteiger charge is -2.27. The van der Waals surface area contributed by atoms with Crippen molar-refractivity contribution in [2.45, 2.75) is 26.3 Å². The number of aliphatic hydroxyl groups excluding tert-OH is 1. The summed E-state index contributed by atoms with van der Waals surface area (Å²) in [6, 6.07) is 3.41. The van der Waals surface area contributed by atoms with E-state index in [1.165, 1.54) is 6.20 Å². The normalized spacial score (nSPS) is 24.3. The maximum atomic E-state index is 12.9. The first kappa shape index (κ1) is 19.8. The van der Waals surface area contributed by atoms with Gasteiger partial charge in [-0.15, -0.1) is 0 Å². The van der Waals surface area contributed by atoms with Gasteiger partial charge in [0, 0.05) is 49.8 Å². The molecule has 0 bridgehead atoms. The van der Waals surface area contributed by atoms with Gasteiger partial charge in [0.25, 0.3) is 5.91 Å². The quantitative estimate of drug-likeness (QED) is 0.769.